The van der Waals surface area contributed by atoms with Crippen LogP contribution in [0.5, 0.6) is 5.75 Å². The summed E-state index contributed by atoms with van der Waals surface area (Å²) in [4.78, 5) is 18.3. The van der Waals surface area contributed by atoms with Crippen molar-refractivity contribution in [2.45, 2.75) is 44.8 Å². The first kappa shape index (κ1) is 29.5. The summed E-state index contributed by atoms with van der Waals surface area (Å²) < 4.78 is 61.3. The Labute approximate surface area is 230 Å². The van der Waals surface area contributed by atoms with Crippen molar-refractivity contribution in [2.75, 3.05) is 38.6 Å². The average Bonchev–Trinajstić information content (AvgIpc) is 2.94. The molecule has 7 nitrogen and oxygen atoms in total. The first-order chi connectivity index (χ1) is 19.1. The number of nitrogens with zero attached hydrogens (tertiary/aromatic N) is 2. The van der Waals surface area contributed by atoms with Gasteiger partial charge in [-0.25, -0.2) is 17.6 Å². The molecule has 216 valence electrons. The quantitative estimate of drug-likeness (QED) is 0.196. The standard InChI is InChI=1S/C29H34F4N4O3/c1-40-20-2-3-25-21(14-20)27(18(16-34)17-36-25)22(30)4-5-29(15-26(38)39)6-9-37(10-7-29)11-8-35-19-12-23(31)28(33)24(32)13-19/h2-3,12-14,17,22,35H,4-11,15-16,34H2,1H3,(H,38,39). The second kappa shape index (κ2) is 12.8. The van der Waals surface area contributed by atoms with Gasteiger partial charge in [-0.3, -0.25) is 9.78 Å². The lowest BCUT2D eigenvalue weighted by Gasteiger charge is -2.41. The van der Waals surface area contributed by atoms with Crippen LogP contribution in [0.2, 0.25) is 0 Å². The number of anilines is 1. The van der Waals surface area contributed by atoms with E-state index in [-0.39, 0.29) is 25.1 Å². The maximum Gasteiger partial charge on any atom is 0.303 e. The highest BCUT2D eigenvalue weighted by atomic mass is 19.2. The van der Waals surface area contributed by atoms with Gasteiger partial charge in [0.2, 0.25) is 0 Å². The number of fused-ring (bicyclic) bond motifs is 1. The third kappa shape index (κ3) is 6.82. The number of ether oxygens (including phenoxy) is 1. The summed E-state index contributed by atoms with van der Waals surface area (Å²) in [5, 5.41) is 13.2. The number of benzene rings is 2. The molecule has 40 heavy (non-hydrogen) atoms. The predicted molar refractivity (Wildman–Crippen MR) is 144 cm³/mol. The minimum absolute atomic E-state index is 0.0609. The molecule has 2 aromatic carbocycles. The van der Waals surface area contributed by atoms with Crippen LogP contribution in [0.4, 0.5) is 23.2 Å². The van der Waals surface area contributed by atoms with E-state index in [1.807, 2.05) is 0 Å². The molecule has 3 aromatic rings. The number of pyridine rings is 1. The fourth-order valence-electron chi connectivity index (χ4n) is 5.57. The van der Waals surface area contributed by atoms with Crippen molar-refractivity contribution in [2.24, 2.45) is 11.1 Å². The molecule has 0 amide bonds. The molecular weight excluding hydrogens is 528 g/mol. The Morgan fingerprint density at radius 1 is 1.20 bits per heavy atom. The maximum absolute atomic E-state index is 15.9. The van der Waals surface area contributed by atoms with Crippen molar-refractivity contribution < 1.29 is 32.2 Å². The number of aliphatic carboxylic acids is 1. The molecule has 1 saturated heterocycles. The number of nitrogens with one attached hydrogen (secondary N) is 1. The van der Waals surface area contributed by atoms with Crippen molar-refractivity contribution >= 4 is 22.6 Å². The molecule has 0 bridgehead atoms. The Morgan fingerprint density at radius 3 is 2.52 bits per heavy atom. The Hall–Kier alpha value is -3.44. The van der Waals surface area contributed by atoms with Crippen molar-refractivity contribution in [3.05, 3.63) is 65.1 Å². The zero-order valence-corrected chi connectivity index (χ0v) is 22.4. The molecule has 0 saturated carbocycles. The molecule has 4 N–H and O–H groups in total. The summed E-state index contributed by atoms with van der Waals surface area (Å²) >= 11 is 0. The van der Waals surface area contributed by atoms with E-state index < -0.39 is 35.0 Å². The SMILES string of the molecule is COc1ccc2ncc(CN)c(C(F)CCC3(CC(=O)O)CCN(CCNc4cc(F)c(F)c(F)c4)CC3)c2c1. The number of methoxy groups -OCH3 is 1. The second-order valence-electron chi connectivity index (χ2n) is 10.4. The van der Waals surface area contributed by atoms with Gasteiger partial charge in [0.15, 0.2) is 17.5 Å². The van der Waals surface area contributed by atoms with Crippen LogP contribution in [-0.4, -0.2) is 54.2 Å². The molecule has 1 unspecified atom stereocenters. The fraction of sp³-hybridized carbons (Fsp3) is 0.448. The number of rotatable bonds is 12. The predicted octanol–water partition coefficient (Wildman–Crippen LogP) is 5.58. The number of hydrogen-bond acceptors (Lipinski definition) is 6. The minimum atomic E-state index is -1.51. The second-order valence-corrected chi connectivity index (χ2v) is 10.4. The van der Waals surface area contributed by atoms with Gasteiger partial charge in [0, 0.05) is 54.6 Å². The van der Waals surface area contributed by atoms with E-state index in [9.17, 15) is 23.1 Å². The molecule has 0 spiro atoms. The van der Waals surface area contributed by atoms with Crippen molar-refractivity contribution in [1.29, 1.82) is 0 Å². The lowest BCUT2D eigenvalue weighted by molar-refractivity contribution is -0.141. The summed E-state index contributed by atoms with van der Waals surface area (Å²) in [6.45, 7) is 2.23. The van der Waals surface area contributed by atoms with Crippen LogP contribution in [0, 0.1) is 22.9 Å². The van der Waals surface area contributed by atoms with Crippen LogP contribution in [0.3, 0.4) is 0 Å². The summed E-state index contributed by atoms with van der Waals surface area (Å²) in [7, 11) is 1.54. The van der Waals surface area contributed by atoms with E-state index in [0.29, 0.717) is 73.2 Å². The fourth-order valence-corrected chi connectivity index (χ4v) is 5.57. The summed E-state index contributed by atoms with van der Waals surface area (Å²) in [6.07, 6.45) is 1.83. The summed E-state index contributed by atoms with van der Waals surface area (Å²) in [6, 6.07) is 7.08. The number of carboxylic acids is 1. The Morgan fingerprint density at radius 2 is 1.90 bits per heavy atom. The van der Waals surface area contributed by atoms with Gasteiger partial charge in [0.25, 0.3) is 0 Å². The van der Waals surface area contributed by atoms with Gasteiger partial charge < -0.3 is 25.8 Å². The van der Waals surface area contributed by atoms with Crippen molar-refractivity contribution in [3.63, 3.8) is 0 Å². The Bertz CT molecular complexity index is 1320. The number of nitrogens with two attached hydrogens (primary N) is 1. The highest BCUT2D eigenvalue weighted by molar-refractivity contribution is 5.85. The molecular formula is C29H34F4N4O3. The van der Waals surface area contributed by atoms with Gasteiger partial charge in [-0.15, -0.1) is 0 Å². The molecule has 2 heterocycles. The maximum atomic E-state index is 15.9. The van der Waals surface area contributed by atoms with Crippen molar-refractivity contribution in [3.8, 4) is 5.75 Å². The van der Waals surface area contributed by atoms with Gasteiger partial charge in [0.1, 0.15) is 11.9 Å². The minimum Gasteiger partial charge on any atom is -0.497 e. The van der Waals surface area contributed by atoms with Crippen LogP contribution in [-0.2, 0) is 11.3 Å². The summed E-state index contributed by atoms with van der Waals surface area (Å²) in [5.74, 6) is -4.38. The highest BCUT2D eigenvalue weighted by Crippen LogP contribution is 2.43. The Balaban J connectivity index is 1.40. The largest absolute Gasteiger partial charge is 0.497 e. The average molecular weight is 563 g/mol. The Kier molecular flexibility index (Phi) is 9.47. The normalized spacial score (nSPS) is 16.1. The lowest BCUT2D eigenvalue weighted by atomic mass is 9.71. The highest BCUT2D eigenvalue weighted by Gasteiger charge is 2.37. The molecule has 1 aliphatic rings. The van der Waals surface area contributed by atoms with Crippen LogP contribution in [0.25, 0.3) is 10.9 Å². The number of carboxylic acid groups (broad SMARTS) is 1. The van der Waals surface area contributed by atoms with E-state index in [1.165, 1.54) is 7.11 Å². The number of carbonyl (C=O) groups is 1. The number of alkyl halides is 1. The topological polar surface area (TPSA) is 101 Å². The number of aromatic nitrogens is 1. The van der Waals surface area contributed by atoms with E-state index in [0.717, 1.165) is 12.1 Å². The molecule has 0 aliphatic carbocycles. The van der Waals surface area contributed by atoms with E-state index in [2.05, 4.69) is 15.2 Å². The smallest absolute Gasteiger partial charge is 0.303 e. The van der Waals surface area contributed by atoms with E-state index in [4.69, 9.17) is 10.5 Å². The number of piperidine rings is 1. The van der Waals surface area contributed by atoms with E-state index in [1.54, 1.807) is 24.4 Å². The van der Waals surface area contributed by atoms with Crippen molar-refractivity contribution in [1.82, 2.24) is 9.88 Å². The van der Waals surface area contributed by atoms with Gasteiger partial charge in [-0.05, 0) is 68.0 Å². The monoisotopic (exact) mass is 562 g/mol. The number of halogens is 4. The molecule has 1 fully saturated rings. The third-order valence-corrected chi connectivity index (χ3v) is 7.84. The third-order valence-electron chi connectivity index (χ3n) is 7.84. The molecule has 11 heteroatoms. The molecule has 1 aromatic heterocycles. The zero-order valence-electron chi connectivity index (χ0n) is 22.4. The first-order valence-corrected chi connectivity index (χ1v) is 13.3. The van der Waals surface area contributed by atoms with Gasteiger partial charge in [-0.1, -0.05) is 0 Å². The zero-order chi connectivity index (χ0) is 28.9. The molecule has 0 radical (unpaired) electrons. The number of hydrogen-bond donors (Lipinski definition) is 3. The van der Waals surface area contributed by atoms with Gasteiger partial charge >= 0.3 is 5.97 Å². The van der Waals surface area contributed by atoms with E-state index >= 15 is 4.39 Å². The summed E-state index contributed by atoms with van der Waals surface area (Å²) in [5.41, 5.74) is 7.19. The molecule has 1 aliphatic heterocycles. The van der Waals surface area contributed by atoms with Crippen LogP contribution in [0.15, 0.2) is 36.5 Å². The van der Waals surface area contributed by atoms with Gasteiger partial charge in [0.05, 0.1) is 19.0 Å². The lowest BCUT2D eigenvalue weighted by Crippen LogP contribution is -2.43. The van der Waals surface area contributed by atoms with Crippen LogP contribution < -0.4 is 15.8 Å². The number of likely N-dealkylation sites (tertiary alicyclic amines) is 1. The first-order valence-electron chi connectivity index (χ1n) is 13.3. The molecule has 4 rings (SSSR count). The van der Waals surface area contributed by atoms with Crippen LogP contribution in [0.1, 0.15) is 49.4 Å². The van der Waals surface area contributed by atoms with Gasteiger partial charge in [-0.2, -0.15) is 0 Å². The molecule has 1 atom stereocenters. The van der Waals surface area contributed by atoms with Crippen LogP contribution >= 0.6 is 0 Å².